The quantitative estimate of drug-likeness (QED) is 0.630. The highest BCUT2D eigenvalue weighted by Gasteiger charge is 2.32. The number of likely N-dealkylation sites (N-methyl/N-ethyl adjacent to an activating group) is 1. The van der Waals surface area contributed by atoms with Crippen LogP contribution in [0.25, 0.3) is 0 Å². The van der Waals surface area contributed by atoms with Crippen molar-refractivity contribution in [3.8, 4) is 0 Å². The molecule has 134 valence electrons. The number of aliphatic imine (C=N–C) groups is 1. The van der Waals surface area contributed by atoms with Crippen molar-refractivity contribution >= 4 is 17.3 Å². The molecule has 0 spiro atoms. The van der Waals surface area contributed by atoms with Crippen molar-refractivity contribution in [3.05, 3.63) is 22.4 Å². The lowest BCUT2D eigenvalue weighted by Gasteiger charge is -2.34. The molecule has 0 amide bonds. The Morgan fingerprint density at radius 1 is 1.54 bits per heavy atom. The van der Waals surface area contributed by atoms with Crippen molar-refractivity contribution in [2.24, 2.45) is 4.99 Å². The Hall–Kier alpha value is -1.11. The molecule has 2 aliphatic rings. The molecule has 6 heteroatoms. The first-order chi connectivity index (χ1) is 11.8. The van der Waals surface area contributed by atoms with Crippen molar-refractivity contribution in [2.75, 3.05) is 46.4 Å². The van der Waals surface area contributed by atoms with Crippen LogP contribution in [0.15, 0.2) is 22.5 Å². The Morgan fingerprint density at radius 2 is 2.46 bits per heavy atom. The molecule has 1 N–H and O–H groups in total. The van der Waals surface area contributed by atoms with Crippen LogP contribution in [0.2, 0.25) is 0 Å². The SMILES string of the molecule is CCNC(=NCC1CN2CCCC2CO1)N(C)CCc1cccs1. The van der Waals surface area contributed by atoms with Crippen molar-refractivity contribution in [2.45, 2.75) is 38.3 Å². The highest BCUT2D eigenvalue weighted by molar-refractivity contribution is 7.09. The van der Waals surface area contributed by atoms with Crippen LogP contribution >= 0.6 is 11.3 Å². The summed E-state index contributed by atoms with van der Waals surface area (Å²) in [6.07, 6.45) is 3.91. The minimum absolute atomic E-state index is 0.235. The second-order valence-electron chi connectivity index (χ2n) is 6.69. The molecule has 2 aliphatic heterocycles. The smallest absolute Gasteiger partial charge is 0.193 e. The zero-order valence-corrected chi connectivity index (χ0v) is 15.7. The van der Waals surface area contributed by atoms with Crippen molar-refractivity contribution in [1.29, 1.82) is 0 Å². The average Bonchev–Trinajstić information content (AvgIpc) is 3.27. The third-order valence-electron chi connectivity index (χ3n) is 4.88. The number of hydrogen-bond acceptors (Lipinski definition) is 4. The van der Waals surface area contributed by atoms with Crippen LogP contribution in [0.3, 0.4) is 0 Å². The van der Waals surface area contributed by atoms with Crippen LogP contribution in [0, 0.1) is 0 Å². The lowest BCUT2D eigenvalue weighted by atomic mass is 10.2. The van der Waals surface area contributed by atoms with E-state index in [9.17, 15) is 0 Å². The lowest BCUT2D eigenvalue weighted by Crippen LogP contribution is -2.47. The minimum Gasteiger partial charge on any atom is -0.373 e. The summed E-state index contributed by atoms with van der Waals surface area (Å²) in [5, 5.41) is 5.55. The predicted molar refractivity (Wildman–Crippen MR) is 101 cm³/mol. The summed E-state index contributed by atoms with van der Waals surface area (Å²) in [7, 11) is 2.12. The molecule has 2 fully saturated rings. The van der Waals surface area contributed by atoms with E-state index < -0.39 is 0 Å². The molecule has 3 heterocycles. The van der Waals surface area contributed by atoms with E-state index in [4.69, 9.17) is 9.73 Å². The van der Waals surface area contributed by atoms with E-state index in [0.29, 0.717) is 6.04 Å². The summed E-state index contributed by atoms with van der Waals surface area (Å²) in [6.45, 7) is 7.88. The largest absolute Gasteiger partial charge is 0.373 e. The topological polar surface area (TPSA) is 40.1 Å². The third-order valence-corrected chi connectivity index (χ3v) is 5.81. The zero-order valence-electron chi connectivity index (χ0n) is 14.9. The monoisotopic (exact) mass is 350 g/mol. The van der Waals surface area contributed by atoms with Crippen molar-refractivity contribution < 1.29 is 4.74 Å². The first-order valence-corrected chi connectivity index (χ1v) is 10.0. The fourth-order valence-electron chi connectivity index (χ4n) is 3.49. The number of guanidine groups is 1. The molecule has 2 unspecified atom stereocenters. The van der Waals surface area contributed by atoms with Gasteiger partial charge in [0.25, 0.3) is 0 Å². The number of hydrogen-bond donors (Lipinski definition) is 1. The van der Waals surface area contributed by atoms with Gasteiger partial charge in [0, 0.05) is 37.6 Å². The summed E-state index contributed by atoms with van der Waals surface area (Å²) < 4.78 is 6.03. The maximum absolute atomic E-state index is 6.03. The number of nitrogens with zero attached hydrogens (tertiary/aromatic N) is 3. The molecule has 2 saturated heterocycles. The van der Waals surface area contributed by atoms with E-state index >= 15 is 0 Å². The normalized spacial score (nSPS) is 24.8. The average molecular weight is 351 g/mol. The summed E-state index contributed by atoms with van der Waals surface area (Å²) in [4.78, 5) is 11.1. The molecule has 1 aromatic heterocycles. The van der Waals surface area contributed by atoms with Crippen LogP contribution in [-0.2, 0) is 11.2 Å². The minimum atomic E-state index is 0.235. The Balaban J connectivity index is 1.50. The van der Waals surface area contributed by atoms with E-state index in [1.165, 1.54) is 24.3 Å². The zero-order chi connectivity index (χ0) is 16.8. The number of nitrogens with one attached hydrogen (secondary N) is 1. The first kappa shape index (κ1) is 17.7. The molecule has 24 heavy (non-hydrogen) atoms. The van der Waals surface area contributed by atoms with Crippen molar-refractivity contribution in [1.82, 2.24) is 15.1 Å². The van der Waals surface area contributed by atoms with Gasteiger partial charge in [0.2, 0.25) is 0 Å². The predicted octanol–water partition coefficient (Wildman–Crippen LogP) is 2.05. The second kappa shape index (κ2) is 8.83. The lowest BCUT2D eigenvalue weighted by molar-refractivity contribution is -0.0432. The molecule has 0 aliphatic carbocycles. The van der Waals surface area contributed by atoms with Crippen molar-refractivity contribution in [3.63, 3.8) is 0 Å². The summed E-state index contributed by atoms with van der Waals surface area (Å²) in [5.74, 6) is 0.987. The van der Waals surface area contributed by atoms with E-state index in [2.05, 4.69) is 46.6 Å². The fourth-order valence-corrected chi connectivity index (χ4v) is 4.19. The Kier molecular flexibility index (Phi) is 6.51. The van der Waals surface area contributed by atoms with Gasteiger partial charge in [0.05, 0.1) is 19.3 Å². The van der Waals surface area contributed by atoms with E-state index in [1.807, 2.05) is 11.3 Å². The summed E-state index contributed by atoms with van der Waals surface area (Å²) in [5.41, 5.74) is 0. The van der Waals surface area contributed by atoms with Crippen LogP contribution in [0.5, 0.6) is 0 Å². The van der Waals surface area contributed by atoms with Crippen LogP contribution in [-0.4, -0.2) is 74.3 Å². The second-order valence-corrected chi connectivity index (χ2v) is 7.72. The Labute approximate surface area is 149 Å². The molecule has 3 rings (SSSR count). The Bertz CT molecular complexity index is 519. The standard InChI is InChI=1S/C18H30N4OS/c1-3-19-18(21(2)10-8-17-7-5-11-24-17)20-12-16-13-22-9-4-6-15(22)14-23-16/h5,7,11,15-16H,3-4,6,8-10,12-14H2,1-2H3,(H,19,20). The Morgan fingerprint density at radius 3 is 3.25 bits per heavy atom. The van der Waals surface area contributed by atoms with Gasteiger partial charge in [-0.2, -0.15) is 0 Å². The van der Waals surface area contributed by atoms with E-state index in [-0.39, 0.29) is 6.10 Å². The van der Waals surface area contributed by atoms with Gasteiger partial charge in [-0.3, -0.25) is 9.89 Å². The molecule has 0 saturated carbocycles. The van der Waals surface area contributed by atoms with E-state index in [0.717, 1.165) is 45.2 Å². The maximum atomic E-state index is 6.03. The van der Waals surface area contributed by atoms with Gasteiger partial charge < -0.3 is 15.0 Å². The molecule has 5 nitrogen and oxygen atoms in total. The highest BCUT2D eigenvalue weighted by Crippen LogP contribution is 2.22. The third kappa shape index (κ3) is 4.71. The maximum Gasteiger partial charge on any atom is 0.193 e. The first-order valence-electron chi connectivity index (χ1n) is 9.13. The molecule has 0 radical (unpaired) electrons. The molecular formula is C18H30N4OS. The van der Waals surface area contributed by atoms with E-state index in [1.54, 1.807) is 0 Å². The van der Waals surface area contributed by atoms with Gasteiger partial charge in [0.1, 0.15) is 0 Å². The van der Waals surface area contributed by atoms with Gasteiger partial charge in [0.15, 0.2) is 5.96 Å². The molecule has 1 aromatic rings. The van der Waals surface area contributed by atoms with Gasteiger partial charge in [-0.15, -0.1) is 11.3 Å². The van der Waals surface area contributed by atoms with Gasteiger partial charge >= 0.3 is 0 Å². The number of thiophene rings is 1. The number of fused-ring (bicyclic) bond motifs is 1. The number of ether oxygens (including phenoxy) is 1. The summed E-state index contributed by atoms with van der Waals surface area (Å²) >= 11 is 1.82. The fraction of sp³-hybridized carbons (Fsp3) is 0.722. The van der Waals surface area contributed by atoms with Crippen LogP contribution in [0.4, 0.5) is 0 Å². The number of morpholine rings is 1. The van der Waals surface area contributed by atoms with Gasteiger partial charge in [-0.1, -0.05) is 6.07 Å². The molecular weight excluding hydrogens is 320 g/mol. The van der Waals surface area contributed by atoms with Gasteiger partial charge in [-0.25, -0.2) is 0 Å². The highest BCUT2D eigenvalue weighted by atomic mass is 32.1. The molecule has 2 atom stereocenters. The van der Waals surface area contributed by atoms with Crippen LogP contribution in [0.1, 0.15) is 24.6 Å². The summed E-state index contributed by atoms with van der Waals surface area (Å²) in [6, 6.07) is 4.97. The molecule has 0 bridgehead atoms. The number of rotatable bonds is 6. The van der Waals surface area contributed by atoms with Crippen LogP contribution < -0.4 is 5.32 Å². The van der Waals surface area contributed by atoms with Gasteiger partial charge in [-0.05, 0) is 44.2 Å². The molecule has 0 aromatic carbocycles.